The van der Waals surface area contributed by atoms with Crippen molar-refractivity contribution in [2.24, 2.45) is 11.1 Å². The Hall–Kier alpha value is -0.660. The Bertz CT molecular complexity index is 434. The summed E-state index contributed by atoms with van der Waals surface area (Å²) in [5.41, 5.74) is 5.71. The third-order valence-corrected chi connectivity index (χ3v) is 5.18. The molecule has 118 valence electrons. The molecule has 1 heterocycles. The lowest BCUT2D eigenvalue weighted by Gasteiger charge is -2.36. The molecule has 0 saturated carbocycles. The fraction of sp³-hybridized carbons (Fsp3) is 0.923. The van der Waals surface area contributed by atoms with Gasteiger partial charge < -0.3 is 10.6 Å². The number of nitrogens with two attached hydrogens (primary N) is 1. The van der Waals surface area contributed by atoms with Crippen LogP contribution in [-0.4, -0.2) is 50.2 Å². The summed E-state index contributed by atoms with van der Waals surface area (Å²) < 4.78 is 25.7. The number of hydrogen-bond donors (Lipinski definition) is 2. The van der Waals surface area contributed by atoms with E-state index in [2.05, 4.69) is 4.72 Å². The Kier molecular flexibility index (Phi) is 5.57. The lowest BCUT2D eigenvalue weighted by Crippen LogP contribution is -2.54. The second kappa shape index (κ2) is 6.41. The third kappa shape index (κ3) is 4.71. The topological polar surface area (TPSA) is 92.5 Å². The van der Waals surface area contributed by atoms with Crippen LogP contribution in [0.5, 0.6) is 0 Å². The van der Waals surface area contributed by atoms with Crippen molar-refractivity contribution in [1.82, 2.24) is 9.62 Å². The van der Waals surface area contributed by atoms with Crippen molar-refractivity contribution in [3.05, 3.63) is 0 Å². The van der Waals surface area contributed by atoms with Crippen LogP contribution in [0.1, 0.15) is 40.5 Å². The van der Waals surface area contributed by atoms with Gasteiger partial charge in [-0.2, -0.15) is 0 Å². The molecular weight excluding hydrogens is 278 g/mol. The Morgan fingerprint density at radius 1 is 1.35 bits per heavy atom. The first kappa shape index (κ1) is 17.4. The fourth-order valence-electron chi connectivity index (χ4n) is 2.12. The van der Waals surface area contributed by atoms with Crippen LogP contribution in [0.3, 0.4) is 0 Å². The van der Waals surface area contributed by atoms with Gasteiger partial charge in [0.05, 0.1) is 11.8 Å². The predicted octanol–water partition coefficient (Wildman–Crippen LogP) is 0.290. The van der Waals surface area contributed by atoms with Crippen LogP contribution < -0.4 is 10.5 Å². The zero-order valence-corrected chi connectivity index (χ0v) is 13.7. The normalized spacial score (nSPS) is 19.9. The molecule has 0 aliphatic carbocycles. The van der Waals surface area contributed by atoms with E-state index < -0.39 is 16.1 Å². The third-order valence-electron chi connectivity index (χ3n) is 3.73. The van der Waals surface area contributed by atoms with Crippen LogP contribution in [0.15, 0.2) is 0 Å². The van der Waals surface area contributed by atoms with Gasteiger partial charge in [0.2, 0.25) is 15.9 Å². The van der Waals surface area contributed by atoms with Gasteiger partial charge in [-0.1, -0.05) is 20.8 Å². The van der Waals surface area contributed by atoms with E-state index in [1.165, 1.54) is 0 Å². The Morgan fingerprint density at radius 3 is 2.25 bits per heavy atom. The van der Waals surface area contributed by atoms with Crippen molar-refractivity contribution in [1.29, 1.82) is 0 Å². The first-order chi connectivity index (χ1) is 9.07. The highest BCUT2D eigenvalue weighted by atomic mass is 32.2. The molecule has 0 aromatic carbocycles. The molecule has 1 fully saturated rings. The lowest BCUT2D eigenvalue weighted by molar-refractivity contribution is -0.136. The molecule has 7 heteroatoms. The summed E-state index contributed by atoms with van der Waals surface area (Å²) in [5, 5.41) is 0. The molecule has 1 rings (SSSR count). The second-order valence-corrected chi connectivity index (χ2v) is 8.51. The van der Waals surface area contributed by atoms with Crippen LogP contribution in [0.25, 0.3) is 0 Å². The van der Waals surface area contributed by atoms with Crippen LogP contribution in [0, 0.1) is 5.41 Å². The number of amides is 1. The van der Waals surface area contributed by atoms with Crippen LogP contribution in [0.4, 0.5) is 0 Å². The van der Waals surface area contributed by atoms with Gasteiger partial charge in [0.1, 0.15) is 0 Å². The molecule has 1 saturated heterocycles. The summed E-state index contributed by atoms with van der Waals surface area (Å²) >= 11 is 0. The van der Waals surface area contributed by atoms with Crippen molar-refractivity contribution in [2.75, 3.05) is 18.8 Å². The SMILES string of the molecule is CCS(=O)(=O)NC1CCN(C(=O)[C@@H](N)C(C)(C)C)CC1. The van der Waals surface area contributed by atoms with E-state index in [0.717, 1.165) is 0 Å². The number of likely N-dealkylation sites (tertiary alicyclic amines) is 1. The Morgan fingerprint density at radius 2 is 1.85 bits per heavy atom. The minimum atomic E-state index is -3.17. The van der Waals surface area contributed by atoms with E-state index in [-0.39, 0.29) is 23.1 Å². The fourth-order valence-corrected chi connectivity index (χ4v) is 3.03. The van der Waals surface area contributed by atoms with E-state index in [1.54, 1.807) is 11.8 Å². The zero-order chi connectivity index (χ0) is 15.6. The molecule has 0 unspecified atom stereocenters. The molecule has 0 aromatic heterocycles. The standard InChI is InChI=1S/C13H27N3O3S/c1-5-20(18,19)15-10-6-8-16(9-7-10)12(17)11(14)13(2,3)4/h10-11,15H,5-9,14H2,1-4H3/t11-/m1/s1. The number of nitrogens with one attached hydrogen (secondary N) is 1. The molecule has 1 amide bonds. The van der Waals surface area contributed by atoms with Crippen molar-refractivity contribution in [2.45, 2.75) is 52.6 Å². The van der Waals surface area contributed by atoms with Gasteiger partial charge in [-0.15, -0.1) is 0 Å². The number of carbonyl (C=O) groups is 1. The molecule has 0 bridgehead atoms. The van der Waals surface area contributed by atoms with Gasteiger partial charge >= 0.3 is 0 Å². The quantitative estimate of drug-likeness (QED) is 0.781. The van der Waals surface area contributed by atoms with Crippen molar-refractivity contribution in [3.63, 3.8) is 0 Å². The minimum Gasteiger partial charge on any atom is -0.341 e. The summed E-state index contributed by atoms with van der Waals surface area (Å²) in [5.74, 6) is 0.0374. The number of carbonyl (C=O) groups excluding carboxylic acids is 1. The monoisotopic (exact) mass is 305 g/mol. The number of hydrogen-bond acceptors (Lipinski definition) is 4. The Labute approximate surface area is 122 Å². The highest BCUT2D eigenvalue weighted by Gasteiger charge is 2.33. The summed E-state index contributed by atoms with van der Waals surface area (Å²) in [4.78, 5) is 14.0. The largest absolute Gasteiger partial charge is 0.341 e. The van der Waals surface area contributed by atoms with Gasteiger partial charge in [-0.25, -0.2) is 13.1 Å². The van der Waals surface area contributed by atoms with Gasteiger partial charge in [0.15, 0.2) is 0 Å². The number of nitrogens with zero attached hydrogens (tertiary/aromatic N) is 1. The minimum absolute atomic E-state index is 0.0469. The Balaban J connectivity index is 2.53. The average molecular weight is 305 g/mol. The van der Waals surface area contributed by atoms with E-state index >= 15 is 0 Å². The average Bonchev–Trinajstić information content (AvgIpc) is 2.36. The van der Waals surface area contributed by atoms with Gasteiger partial charge in [0.25, 0.3) is 0 Å². The molecular formula is C13H27N3O3S. The number of sulfonamides is 1. The van der Waals surface area contributed by atoms with Gasteiger partial charge in [-0.05, 0) is 25.2 Å². The molecule has 3 N–H and O–H groups in total. The van der Waals surface area contributed by atoms with Gasteiger partial charge in [0, 0.05) is 19.1 Å². The smallest absolute Gasteiger partial charge is 0.240 e. The maximum absolute atomic E-state index is 12.3. The van der Waals surface area contributed by atoms with Crippen molar-refractivity contribution < 1.29 is 13.2 Å². The highest BCUT2D eigenvalue weighted by molar-refractivity contribution is 7.89. The number of piperidine rings is 1. The summed E-state index contributed by atoms with van der Waals surface area (Å²) in [6.07, 6.45) is 1.28. The number of rotatable bonds is 4. The molecule has 1 aliphatic heterocycles. The van der Waals surface area contributed by atoms with Gasteiger partial charge in [-0.3, -0.25) is 4.79 Å². The maximum Gasteiger partial charge on any atom is 0.240 e. The molecule has 0 radical (unpaired) electrons. The first-order valence-corrected chi connectivity index (χ1v) is 8.76. The van der Waals surface area contributed by atoms with E-state index in [9.17, 15) is 13.2 Å². The van der Waals surface area contributed by atoms with Crippen LogP contribution in [-0.2, 0) is 14.8 Å². The van der Waals surface area contributed by atoms with E-state index in [0.29, 0.717) is 25.9 Å². The molecule has 0 aromatic rings. The molecule has 1 aliphatic rings. The van der Waals surface area contributed by atoms with Crippen LogP contribution in [0.2, 0.25) is 0 Å². The van der Waals surface area contributed by atoms with E-state index in [1.807, 2.05) is 20.8 Å². The molecule has 6 nitrogen and oxygen atoms in total. The predicted molar refractivity (Wildman–Crippen MR) is 79.6 cm³/mol. The summed E-state index contributed by atoms with van der Waals surface area (Å²) in [6, 6.07) is -0.596. The van der Waals surface area contributed by atoms with Crippen LogP contribution >= 0.6 is 0 Å². The maximum atomic E-state index is 12.3. The first-order valence-electron chi connectivity index (χ1n) is 7.11. The highest BCUT2D eigenvalue weighted by Crippen LogP contribution is 2.21. The summed E-state index contributed by atoms with van der Waals surface area (Å²) in [7, 11) is -3.17. The lowest BCUT2D eigenvalue weighted by atomic mass is 9.86. The summed E-state index contributed by atoms with van der Waals surface area (Å²) in [6.45, 7) is 8.55. The van der Waals surface area contributed by atoms with Crippen molar-refractivity contribution in [3.8, 4) is 0 Å². The molecule has 20 heavy (non-hydrogen) atoms. The molecule has 1 atom stereocenters. The van der Waals surface area contributed by atoms with Crippen molar-refractivity contribution >= 4 is 15.9 Å². The zero-order valence-electron chi connectivity index (χ0n) is 12.8. The van der Waals surface area contributed by atoms with E-state index in [4.69, 9.17) is 5.73 Å². The molecule has 0 spiro atoms. The second-order valence-electron chi connectivity index (χ2n) is 6.46.